The van der Waals surface area contributed by atoms with Gasteiger partial charge in [0.1, 0.15) is 0 Å². The van der Waals surface area contributed by atoms with E-state index in [1.807, 2.05) is 0 Å². The number of nitrogens with two attached hydrogens (primary N) is 1. The quantitative estimate of drug-likeness (QED) is 0.820. The zero-order chi connectivity index (χ0) is 12.3. The van der Waals surface area contributed by atoms with Gasteiger partial charge in [-0.3, -0.25) is 0 Å². The Hall–Kier alpha value is -0.120. The Kier molecular flexibility index (Phi) is 4.45. The van der Waals surface area contributed by atoms with E-state index in [-0.39, 0.29) is 0 Å². The number of likely N-dealkylation sites (tertiary alicyclic amines) is 1. The van der Waals surface area contributed by atoms with Gasteiger partial charge in [0.15, 0.2) is 0 Å². The largest absolute Gasteiger partial charge is 0.372 e. The van der Waals surface area contributed by atoms with Crippen molar-refractivity contribution in [2.75, 3.05) is 26.2 Å². The van der Waals surface area contributed by atoms with E-state index in [0.29, 0.717) is 24.2 Å². The molecule has 2 unspecified atom stereocenters. The summed E-state index contributed by atoms with van der Waals surface area (Å²) in [5, 5.41) is 0. The molecule has 17 heavy (non-hydrogen) atoms. The second-order valence-corrected chi connectivity index (χ2v) is 6.51. The van der Waals surface area contributed by atoms with E-state index in [1.54, 1.807) is 0 Å². The molecule has 0 bridgehead atoms. The summed E-state index contributed by atoms with van der Waals surface area (Å²) in [5.74, 6) is 0. The van der Waals surface area contributed by atoms with Crippen molar-refractivity contribution < 1.29 is 4.74 Å². The highest BCUT2D eigenvalue weighted by Gasteiger charge is 2.28. The Balaban J connectivity index is 1.76. The predicted octanol–water partition coefficient (Wildman–Crippen LogP) is 2.00. The van der Waals surface area contributed by atoms with Gasteiger partial charge in [-0.1, -0.05) is 13.8 Å². The van der Waals surface area contributed by atoms with Crippen LogP contribution in [-0.2, 0) is 4.74 Å². The molecule has 3 nitrogen and oxygen atoms in total. The lowest BCUT2D eigenvalue weighted by Gasteiger charge is -2.25. The summed E-state index contributed by atoms with van der Waals surface area (Å²) < 4.78 is 5.94. The highest BCUT2D eigenvalue weighted by atomic mass is 16.5. The minimum absolute atomic E-state index is 0.323. The van der Waals surface area contributed by atoms with Crippen LogP contribution in [0.15, 0.2) is 0 Å². The van der Waals surface area contributed by atoms with Crippen molar-refractivity contribution in [3.05, 3.63) is 0 Å². The first-order chi connectivity index (χ1) is 8.09. The normalized spacial score (nSPS) is 34.8. The maximum Gasteiger partial charge on any atom is 0.0707 e. The predicted molar refractivity (Wildman–Crippen MR) is 71.0 cm³/mol. The topological polar surface area (TPSA) is 38.5 Å². The molecule has 2 aliphatic rings. The van der Waals surface area contributed by atoms with Crippen LogP contribution in [0.4, 0.5) is 0 Å². The van der Waals surface area contributed by atoms with Gasteiger partial charge in [-0.25, -0.2) is 0 Å². The molecular weight excluding hydrogens is 212 g/mol. The van der Waals surface area contributed by atoms with Gasteiger partial charge in [-0.05, 0) is 50.6 Å². The fourth-order valence-electron chi connectivity index (χ4n) is 3.04. The van der Waals surface area contributed by atoms with Crippen molar-refractivity contribution in [2.45, 2.75) is 58.2 Å². The van der Waals surface area contributed by atoms with E-state index < -0.39 is 0 Å². The zero-order valence-corrected chi connectivity index (χ0v) is 11.5. The summed E-state index contributed by atoms with van der Waals surface area (Å²) in [7, 11) is 0. The Bertz CT molecular complexity index is 242. The molecule has 0 aliphatic carbocycles. The van der Waals surface area contributed by atoms with Gasteiger partial charge in [0.05, 0.1) is 12.2 Å². The lowest BCUT2D eigenvalue weighted by molar-refractivity contribution is 0.0272. The molecule has 0 amide bonds. The molecular formula is C14H28N2O. The van der Waals surface area contributed by atoms with Gasteiger partial charge in [0.25, 0.3) is 0 Å². The standard InChI is InChI=1S/C14H28N2O/c1-14(2)6-3-8-16(9-7-14)11-13-5-4-12(10-15)17-13/h12-13H,3-11,15H2,1-2H3. The first-order valence-corrected chi connectivity index (χ1v) is 7.17. The van der Waals surface area contributed by atoms with Crippen LogP contribution in [0.1, 0.15) is 46.0 Å². The fraction of sp³-hybridized carbons (Fsp3) is 1.00. The summed E-state index contributed by atoms with van der Waals surface area (Å²) in [4.78, 5) is 2.60. The third-order valence-corrected chi connectivity index (χ3v) is 4.35. The molecule has 2 aliphatic heterocycles. The second kappa shape index (κ2) is 5.68. The van der Waals surface area contributed by atoms with Crippen LogP contribution < -0.4 is 5.73 Å². The summed E-state index contributed by atoms with van der Waals surface area (Å²) in [6, 6.07) is 0. The van der Waals surface area contributed by atoms with E-state index in [1.165, 1.54) is 38.8 Å². The van der Waals surface area contributed by atoms with E-state index in [9.17, 15) is 0 Å². The van der Waals surface area contributed by atoms with Crippen molar-refractivity contribution in [2.24, 2.45) is 11.1 Å². The van der Waals surface area contributed by atoms with Crippen LogP contribution in [0.2, 0.25) is 0 Å². The van der Waals surface area contributed by atoms with Crippen LogP contribution in [0.5, 0.6) is 0 Å². The molecule has 2 heterocycles. The molecule has 0 radical (unpaired) electrons. The van der Waals surface area contributed by atoms with Crippen molar-refractivity contribution in [3.8, 4) is 0 Å². The molecule has 2 saturated heterocycles. The van der Waals surface area contributed by atoms with E-state index in [4.69, 9.17) is 10.5 Å². The van der Waals surface area contributed by atoms with Gasteiger partial charge >= 0.3 is 0 Å². The molecule has 2 rings (SSSR count). The Morgan fingerprint density at radius 1 is 1.18 bits per heavy atom. The highest BCUT2D eigenvalue weighted by molar-refractivity contribution is 4.81. The number of hydrogen-bond donors (Lipinski definition) is 1. The molecule has 0 aromatic carbocycles. The average molecular weight is 240 g/mol. The molecule has 0 spiro atoms. The first kappa shape index (κ1) is 13.3. The lowest BCUT2D eigenvalue weighted by Crippen LogP contribution is -2.34. The maximum absolute atomic E-state index is 5.94. The Morgan fingerprint density at radius 3 is 2.65 bits per heavy atom. The van der Waals surface area contributed by atoms with Crippen LogP contribution in [0.25, 0.3) is 0 Å². The molecule has 0 saturated carbocycles. The van der Waals surface area contributed by atoms with Gasteiger partial charge in [0, 0.05) is 13.1 Å². The van der Waals surface area contributed by atoms with Crippen LogP contribution in [0.3, 0.4) is 0 Å². The van der Waals surface area contributed by atoms with Gasteiger partial charge in [0.2, 0.25) is 0 Å². The summed E-state index contributed by atoms with van der Waals surface area (Å²) >= 11 is 0. The fourth-order valence-corrected chi connectivity index (χ4v) is 3.04. The van der Waals surface area contributed by atoms with Crippen molar-refractivity contribution >= 4 is 0 Å². The minimum Gasteiger partial charge on any atom is -0.372 e. The molecule has 2 N–H and O–H groups in total. The van der Waals surface area contributed by atoms with Crippen molar-refractivity contribution in [1.29, 1.82) is 0 Å². The monoisotopic (exact) mass is 240 g/mol. The molecule has 3 heteroatoms. The van der Waals surface area contributed by atoms with Crippen molar-refractivity contribution in [3.63, 3.8) is 0 Å². The number of ether oxygens (including phenoxy) is 1. The summed E-state index contributed by atoms with van der Waals surface area (Å²) in [6.45, 7) is 9.08. The van der Waals surface area contributed by atoms with Crippen molar-refractivity contribution in [1.82, 2.24) is 4.90 Å². The molecule has 2 fully saturated rings. The van der Waals surface area contributed by atoms with E-state index >= 15 is 0 Å². The van der Waals surface area contributed by atoms with Crippen LogP contribution >= 0.6 is 0 Å². The third kappa shape index (κ3) is 3.94. The lowest BCUT2D eigenvalue weighted by atomic mass is 9.85. The SMILES string of the molecule is CC1(C)CCCN(CC2CCC(CN)O2)CC1. The minimum atomic E-state index is 0.323. The highest BCUT2D eigenvalue weighted by Crippen LogP contribution is 2.30. The van der Waals surface area contributed by atoms with Gasteiger partial charge in [-0.15, -0.1) is 0 Å². The van der Waals surface area contributed by atoms with Crippen LogP contribution in [0, 0.1) is 5.41 Å². The van der Waals surface area contributed by atoms with E-state index in [2.05, 4.69) is 18.7 Å². The molecule has 0 aromatic heterocycles. The van der Waals surface area contributed by atoms with Gasteiger partial charge in [-0.2, -0.15) is 0 Å². The number of nitrogens with zero attached hydrogens (tertiary/aromatic N) is 1. The molecule has 0 aromatic rings. The number of rotatable bonds is 3. The Morgan fingerprint density at radius 2 is 1.94 bits per heavy atom. The maximum atomic E-state index is 5.94. The van der Waals surface area contributed by atoms with Gasteiger partial charge < -0.3 is 15.4 Å². The smallest absolute Gasteiger partial charge is 0.0707 e. The molecule has 100 valence electrons. The average Bonchev–Trinajstić information content (AvgIpc) is 2.66. The first-order valence-electron chi connectivity index (χ1n) is 7.17. The third-order valence-electron chi connectivity index (χ3n) is 4.35. The van der Waals surface area contributed by atoms with E-state index in [0.717, 1.165) is 13.0 Å². The van der Waals surface area contributed by atoms with Crippen LogP contribution in [-0.4, -0.2) is 43.3 Å². The Labute approximate surface area is 106 Å². The summed E-state index contributed by atoms with van der Waals surface area (Å²) in [6.07, 6.45) is 7.12. The molecule has 2 atom stereocenters. The second-order valence-electron chi connectivity index (χ2n) is 6.51. The zero-order valence-electron chi connectivity index (χ0n) is 11.5. The number of hydrogen-bond acceptors (Lipinski definition) is 3. The summed E-state index contributed by atoms with van der Waals surface area (Å²) in [5.41, 5.74) is 6.18.